The van der Waals surface area contributed by atoms with Crippen molar-refractivity contribution in [2.75, 3.05) is 13.1 Å². The van der Waals surface area contributed by atoms with Crippen LogP contribution in [0.25, 0.3) is 0 Å². The van der Waals surface area contributed by atoms with Crippen molar-refractivity contribution >= 4 is 11.8 Å². The van der Waals surface area contributed by atoms with Gasteiger partial charge < -0.3 is 10.6 Å². The third-order valence-corrected chi connectivity index (χ3v) is 5.78. The number of rotatable bonds is 0. The summed E-state index contributed by atoms with van der Waals surface area (Å²) in [6, 6.07) is 0. The highest BCUT2D eigenvalue weighted by atomic mass is 16.2. The standard InChI is InChI=1S/C36H46N2O2/c1-29-19-13-9-7-11-15-21-31(3)28-38-36(40)34(6)26-18-24-30(2)20-14-10-8-12-16-22-32(4)27-37-35(39)33(5)25-17-23-29/h7-26,31-32H,27-28H2,1-6H3,(H,37,39)(H,38,40). The molecule has 1 rings (SSSR count). The maximum absolute atomic E-state index is 12.4. The molecule has 0 fully saturated rings. The molecule has 4 nitrogen and oxygen atoms in total. The Morgan fingerprint density at radius 1 is 0.500 bits per heavy atom. The maximum Gasteiger partial charge on any atom is 0.246 e. The Kier molecular flexibility index (Phi) is 17.6. The molecule has 2 unspecified atom stereocenters. The van der Waals surface area contributed by atoms with Gasteiger partial charge in [-0.05, 0) is 39.5 Å². The van der Waals surface area contributed by atoms with Crippen molar-refractivity contribution in [2.45, 2.75) is 41.5 Å². The summed E-state index contributed by atoms with van der Waals surface area (Å²) >= 11 is 0. The Morgan fingerprint density at radius 2 is 0.850 bits per heavy atom. The van der Waals surface area contributed by atoms with Crippen molar-refractivity contribution in [1.29, 1.82) is 0 Å². The second kappa shape index (κ2) is 20.7. The van der Waals surface area contributed by atoms with E-state index in [4.69, 9.17) is 0 Å². The fourth-order valence-corrected chi connectivity index (χ4v) is 3.18. The van der Waals surface area contributed by atoms with Gasteiger partial charge in [-0.15, -0.1) is 0 Å². The number of nitrogens with one attached hydrogen (secondary N) is 2. The van der Waals surface area contributed by atoms with Crippen LogP contribution in [0.5, 0.6) is 0 Å². The van der Waals surface area contributed by atoms with E-state index in [9.17, 15) is 9.59 Å². The monoisotopic (exact) mass is 538 g/mol. The minimum absolute atomic E-state index is 0.0624. The highest BCUT2D eigenvalue weighted by molar-refractivity contribution is 5.93. The zero-order chi connectivity index (χ0) is 29.6. The van der Waals surface area contributed by atoms with Crippen LogP contribution in [0.2, 0.25) is 0 Å². The van der Waals surface area contributed by atoms with Gasteiger partial charge in [0.2, 0.25) is 11.8 Å². The fraction of sp³-hybridized carbons (Fsp3) is 0.278. The van der Waals surface area contributed by atoms with Crippen molar-refractivity contribution in [3.8, 4) is 0 Å². The second-order valence-corrected chi connectivity index (χ2v) is 9.92. The molecule has 1 heterocycles. The van der Waals surface area contributed by atoms with E-state index in [1.54, 1.807) is 0 Å². The molecule has 0 aromatic carbocycles. The average molecular weight is 539 g/mol. The summed E-state index contributed by atoms with van der Waals surface area (Å²) in [7, 11) is 0. The third-order valence-electron chi connectivity index (χ3n) is 5.78. The highest BCUT2D eigenvalue weighted by Gasteiger charge is 2.05. The van der Waals surface area contributed by atoms with Crippen LogP contribution in [0, 0.1) is 11.8 Å². The van der Waals surface area contributed by atoms with Gasteiger partial charge in [-0.25, -0.2) is 0 Å². The Labute approximate surface area is 242 Å². The molecular formula is C36H46N2O2. The molecule has 4 heteroatoms. The first kappa shape index (κ1) is 33.8. The van der Waals surface area contributed by atoms with Crippen LogP contribution in [0.3, 0.4) is 0 Å². The van der Waals surface area contributed by atoms with Gasteiger partial charge in [-0.2, -0.15) is 0 Å². The van der Waals surface area contributed by atoms with Gasteiger partial charge in [0.25, 0.3) is 0 Å². The van der Waals surface area contributed by atoms with Gasteiger partial charge in [-0.3, -0.25) is 9.59 Å². The lowest BCUT2D eigenvalue weighted by Crippen LogP contribution is -2.28. The number of carbonyl (C=O) groups is 2. The predicted molar refractivity (Wildman–Crippen MR) is 172 cm³/mol. The Morgan fingerprint density at radius 3 is 1.25 bits per heavy atom. The van der Waals surface area contributed by atoms with Crippen LogP contribution >= 0.6 is 0 Å². The van der Waals surface area contributed by atoms with Crippen molar-refractivity contribution < 1.29 is 9.59 Å². The van der Waals surface area contributed by atoms with Gasteiger partial charge in [0.15, 0.2) is 0 Å². The summed E-state index contributed by atoms with van der Waals surface area (Å²) in [5, 5.41) is 5.97. The number of amides is 2. The van der Waals surface area contributed by atoms with Crippen LogP contribution in [-0.2, 0) is 9.59 Å². The van der Waals surface area contributed by atoms with Crippen molar-refractivity contribution in [3.63, 3.8) is 0 Å². The van der Waals surface area contributed by atoms with Crippen LogP contribution in [0.15, 0.2) is 144 Å². The molecule has 0 saturated carbocycles. The molecule has 2 atom stereocenters. The normalized spacial score (nSPS) is 21.4. The molecule has 1 aliphatic rings. The van der Waals surface area contributed by atoms with E-state index >= 15 is 0 Å². The van der Waals surface area contributed by atoms with Crippen LogP contribution in [0.1, 0.15) is 41.5 Å². The van der Waals surface area contributed by atoms with Crippen LogP contribution < -0.4 is 10.6 Å². The van der Waals surface area contributed by atoms with Crippen molar-refractivity contribution in [1.82, 2.24) is 10.6 Å². The molecule has 0 bridgehead atoms. The van der Waals surface area contributed by atoms with E-state index in [-0.39, 0.29) is 23.7 Å². The van der Waals surface area contributed by atoms with E-state index in [0.29, 0.717) is 24.2 Å². The first-order valence-electron chi connectivity index (χ1n) is 13.8. The summed E-state index contributed by atoms with van der Waals surface area (Å²) in [6.45, 7) is 12.9. The maximum atomic E-state index is 12.4. The molecule has 40 heavy (non-hydrogen) atoms. The lowest BCUT2D eigenvalue weighted by Gasteiger charge is -2.08. The summed E-state index contributed by atoms with van der Waals surface area (Å²) in [5.74, 6) is 0.303. The molecule has 0 aromatic rings. The predicted octanol–water partition coefficient (Wildman–Crippen LogP) is 7.74. The smallest absolute Gasteiger partial charge is 0.246 e. The van der Waals surface area contributed by atoms with Gasteiger partial charge in [0, 0.05) is 24.2 Å². The number of carbonyl (C=O) groups excluding carboxylic acids is 2. The molecule has 2 N–H and O–H groups in total. The molecule has 0 aromatic heterocycles. The summed E-state index contributed by atoms with van der Waals surface area (Å²) in [4.78, 5) is 24.7. The Balaban J connectivity index is 2.96. The molecule has 0 spiro atoms. The molecular weight excluding hydrogens is 492 g/mol. The molecule has 212 valence electrons. The van der Waals surface area contributed by atoms with Crippen molar-refractivity contribution in [2.24, 2.45) is 11.8 Å². The minimum atomic E-state index is -0.0624. The van der Waals surface area contributed by atoms with E-state index in [1.807, 2.05) is 137 Å². The molecule has 1 aliphatic heterocycles. The first-order valence-corrected chi connectivity index (χ1v) is 13.8. The van der Waals surface area contributed by atoms with E-state index in [0.717, 1.165) is 11.1 Å². The lowest BCUT2D eigenvalue weighted by molar-refractivity contribution is -0.118. The Bertz CT molecular complexity index is 1100. The quantitative estimate of drug-likeness (QED) is 0.331. The van der Waals surface area contributed by atoms with E-state index in [2.05, 4.69) is 36.6 Å². The van der Waals surface area contributed by atoms with Crippen molar-refractivity contribution in [3.05, 3.63) is 144 Å². The lowest BCUT2D eigenvalue weighted by atomic mass is 10.1. The number of hydrogen-bond donors (Lipinski definition) is 2. The Hall–Kier alpha value is -4.18. The van der Waals surface area contributed by atoms with Crippen LogP contribution in [0.4, 0.5) is 0 Å². The topological polar surface area (TPSA) is 58.2 Å². The van der Waals surface area contributed by atoms with Gasteiger partial charge in [-0.1, -0.05) is 147 Å². The molecule has 0 aliphatic carbocycles. The molecule has 0 saturated heterocycles. The van der Waals surface area contributed by atoms with Crippen LogP contribution in [-0.4, -0.2) is 24.9 Å². The zero-order valence-electron chi connectivity index (χ0n) is 24.9. The van der Waals surface area contributed by atoms with Gasteiger partial charge >= 0.3 is 0 Å². The number of allylic oxidation sites excluding steroid dienone is 20. The average Bonchev–Trinajstić information content (AvgIpc) is 2.92. The first-order chi connectivity index (χ1) is 19.2. The SMILES string of the molecule is CC1=CC=CC=CC=CC(C)CNC(=O)C(C)=CC=CC(C)=CC=CC=CC=CC(C)CNC(=O)C(C)=CC=C1. The minimum Gasteiger partial charge on any atom is -0.352 e. The highest BCUT2D eigenvalue weighted by Crippen LogP contribution is 2.03. The zero-order valence-corrected chi connectivity index (χ0v) is 24.9. The molecule has 0 radical (unpaired) electrons. The second-order valence-electron chi connectivity index (χ2n) is 9.92. The van der Waals surface area contributed by atoms with E-state index in [1.165, 1.54) is 0 Å². The summed E-state index contributed by atoms with van der Waals surface area (Å²) in [5.41, 5.74) is 3.49. The van der Waals surface area contributed by atoms with Gasteiger partial charge in [0.1, 0.15) is 0 Å². The van der Waals surface area contributed by atoms with Gasteiger partial charge in [0.05, 0.1) is 0 Å². The number of hydrogen-bond acceptors (Lipinski definition) is 2. The third kappa shape index (κ3) is 17.4. The fourth-order valence-electron chi connectivity index (χ4n) is 3.18. The summed E-state index contributed by atoms with van der Waals surface area (Å²) < 4.78 is 0. The summed E-state index contributed by atoms with van der Waals surface area (Å²) in [6.07, 6.45) is 39.2. The largest absolute Gasteiger partial charge is 0.352 e. The molecule has 2 amide bonds. The van der Waals surface area contributed by atoms with E-state index < -0.39 is 0 Å².